The quantitative estimate of drug-likeness (QED) is 0.501. The van der Waals surface area contributed by atoms with Gasteiger partial charge in [0.25, 0.3) is 0 Å². The van der Waals surface area contributed by atoms with Gasteiger partial charge in [0.2, 0.25) is 0 Å². The van der Waals surface area contributed by atoms with Crippen LogP contribution in [-0.2, 0) is 0 Å². The minimum Gasteiger partial charge on any atom is -0.0839 e. The van der Waals surface area contributed by atoms with Gasteiger partial charge in [0, 0.05) is 4.83 Å². The van der Waals surface area contributed by atoms with Crippen molar-refractivity contribution in [1.82, 2.24) is 0 Å². The molecule has 0 amide bonds. The number of hydrogen-bond acceptors (Lipinski definition) is 0. The number of halogens is 1. The predicted molar refractivity (Wildman–Crippen MR) is 71.7 cm³/mol. The van der Waals surface area contributed by atoms with Crippen LogP contribution in [0.2, 0.25) is 0 Å². The molecule has 84 valence electrons. The van der Waals surface area contributed by atoms with E-state index in [9.17, 15) is 0 Å². The van der Waals surface area contributed by atoms with Crippen LogP contribution in [0.3, 0.4) is 0 Å². The molecule has 0 aliphatic carbocycles. The fourth-order valence-electron chi connectivity index (χ4n) is 1.70. The first-order chi connectivity index (χ1) is 7.15. The van der Waals surface area contributed by atoms with Gasteiger partial charge in [-0.05, 0) is 37.0 Å². The van der Waals surface area contributed by atoms with E-state index in [-0.39, 0.29) is 0 Å². The van der Waals surface area contributed by atoms with Gasteiger partial charge in [0.1, 0.15) is 0 Å². The first-order valence-corrected chi connectivity index (χ1v) is 6.78. The van der Waals surface area contributed by atoms with Crippen molar-refractivity contribution in [2.45, 2.75) is 51.3 Å². The van der Waals surface area contributed by atoms with Gasteiger partial charge in [-0.2, -0.15) is 0 Å². The molecule has 0 aliphatic rings. The zero-order valence-electron chi connectivity index (χ0n) is 10.0. The number of alkyl halides is 1. The van der Waals surface area contributed by atoms with Crippen LogP contribution in [-0.4, -0.2) is 0 Å². The van der Waals surface area contributed by atoms with Crippen LogP contribution in [0.5, 0.6) is 0 Å². The van der Waals surface area contributed by atoms with E-state index in [0.717, 1.165) is 0 Å². The normalized spacial score (nSPS) is 12.8. The Balaban J connectivity index is 2.57. The smallest absolute Gasteiger partial charge is 0.0395 e. The van der Waals surface area contributed by atoms with Crippen molar-refractivity contribution in [3.05, 3.63) is 34.9 Å². The van der Waals surface area contributed by atoms with Gasteiger partial charge in [0.15, 0.2) is 0 Å². The summed E-state index contributed by atoms with van der Waals surface area (Å²) in [6, 6.07) is 6.77. The van der Waals surface area contributed by atoms with Crippen molar-refractivity contribution in [3.63, 3.8) is 0 Å². The largest absolute Gasteiger partial charge is 0.0839 e. The first kappa shape index (κ1) is 12.8. The van der Waals surface area contributed by atoms with E-state index >= 15 is 0 Å². The molecule has 0 radical (unpaired) electrons. The van der Waals surface area contributed by atoms with Crippen molar-refractivity contribution in [2.24, 2.45) is 0 Å². The van der Waals surface area contributed by atoms with Gasteiger partial charge in [-0.25, -0.2) is 0 Å². The summed E-state index contributed by atoms with van der Waals surface area (Å²) in [6.45, 7) is 6.60. The Morgan fingerprint density at radius 3 is 2.47 bits per heavy atom. The average molecular weight is 269 g/mol. The maximum absolute atomic E-state index is 3.77. The SMILES string of the molecule is CCCCCC(Br)c1ccc(C)c(C)c1. The van der Waals surface area contributed by atoms with Gasteiger partial charge in [-0.1, -0.05) is 60.3 Å². The summed E-state index contributed by atoms with van der Waals surface area (Å²) in [7, 11) is 0. The molecule has 1 aromatic carbocycles. The van der Waals surface area contributed by atoms with Crippen molar-refractivity contribution in [3.8, 4) is 0 Å². The van der Waals surface area contributed by atoms with Crippen molar-refractivity contribution >= 4 is 15.9 Å². The maximum Gasteiger partial charge on any atom is 0.0395 e. The van der Waals surface area contributed by atoms with Gasteiger partial charge in [-0.15, -0.1) is 0 Å². The number of hydrogen-bond donors (Lipinski definition) is 0. The topological polar surface area (TPSA) is 0 Å². The summed E-state index contributed by atoms with van der Waals surface area (Å²) in [4.78, 5) is 0.531. The lowest BCUT2D eigenvalue weighted by molar-refractivity contribution is 0.663. The number of unbranched alkanes of at least 4 members (excludes halogenated alkanes) is 2. The third-order valence-corrected chi connectivity index (χ3v) is 3.94. The van der Waals surface area contributed by atoms with E-state index in [1.807, 2.05) is 0 Å². The van der Waals surface area contributed by atoms with E-state index < -0.39 is 0 Å². The van der Waals surface area contributed by atoms with E-state index in [4.69, 9.17) is 0 Å². The molecule has 0 aromatic heterocycles. The van der Waals surface area contributed by atoms with Crippen LogP contribution in [0, 0.1) is 13.8 Å². The Bertz CT molecular complexity index is 304. The molecular weight excluding hydrogens is 248 g/mol. The lowest BCUT2D eigenvalue weighted by atomic mass is 10.0. The lowest BCUT2D eigenvalue weighted by Crippen LogP contribution is -1.92. The zero-order chi connectivity index (χ0) is 11.3. The summed E-state index contributed by atoms with van der Waals surface area (Å²) in [5, 5.41) is 0. The predicted octanol–water partition coefficient (Wildman–Crippen LogP) is 5.32. The highest BCUT2D eigenvalue weighted by molar-refractivity contribution is 9.09. The lowest BCUT2D eigenvalue weighted by Gasteiger charge is -2.11. The monoisotopic (exact) mass is 268 g/mol. The highest BCUT2D eigenvalue weighted by atomic mass is 79.9. The molecule has 15 heavy (non-hydrogen) atoms. The van der Waals surface area contributed by atoms with E-state index in [0.29, 0.717) is 4.83 Å². The maximum atomic E-state index is 3.77. The third kappa shape index (κ3) is 3.98. The van der Waals surface area contributed by atoms with Crippen LogP contribution in [0.15, 0.2) is 18.2 Å². The summed E-state index contributed by atoms with van der Waals surface area (Å²) < 4.78 is 0. The summed E-state index contributed by atoms with van der Waals surface area (Å²) >= 11 is 3.77. The number of aryl methyl sites for hydroxylation is 2. The standard InChI is InChI=1S/C14H21Br/c1-4-5-6-7-14(15)13-9-8-11(2)12(3)10-13/h8-10,14H,4-7H2,1-3H3. The zero-order valence-corrected chi connectivity index (χ0v) is 11.6. The van der Waals surface area contributed by atoms with E-state index in [1.165, 1.54) is 42.4 Å². The Hall–Kier alpha value is -0.300. The fraction of sp³-hybridized carbons (Fsp3) is 0.571. The van der Waals surface area contributed by atoms with Crippen LogP contribution in [0.25, 0.3) is 0 Å². The second-order valence-electron chi connectivity index (χ2n) is 4.31. The minimum atomic E-state index is 0.531. The molecule has 1 atom stereocenters. The first-order valence-electron chi connectivity index (χ1n) is 5.86. The molecule has 0 saturated carbocycles. The van der Waals surface area contributed by atoms with Gasteiger partial charge < -0.3 is 0 Å². The molecule has 0 N–H and O–H groups in total. The van der Waals surface area contributed by atoms with Crippen LogP contribution in [0.1, 0.15) is 54.1 Å². The molecule has 1 rings (SSSR count). The van der Waals surface area contributed by atoms with Gasteiger partial charge >= 0.3 is 0 Å². The molecule has 0 spiro atoms. The van der Waals surface area contributed by atoms with E-state index in [1.54, 1.807) is 0 Å². The molecule has 1 heteroatoms. The molecule has 0 nitrogen and oxygen atoms in total. The van der Waals surface area contributed by atoms with Gasteiger partial charge in [0.05, 0.1) is 0 Å². The summed E-state index contributed by atoms with van der Waals surface area (Å²) in [6.07, 6.45) is 5.20. The van der Waals surface area contributed by atoms with Gasteiger partial charge in [-0.3, -0.25) is 0 Å². The van der Waals surface area contributed by atoms with Crippen molar-refractivity contribution in [1.29, 1.82) is 0 Å². The highest BCUT2D eigenvalue weighted by Gasteiger charge is 2.07. The Morgan fingerprint density at radius 1 is 1.13 bits per heavy atom. The Kier molecular flexibility index (Phi) is 5.38. The molecular formula is C14H21Br. The Labute approximate surface area is 102 Å². The molecule has 1 unspecified atom stereocenters. The number of rotatable bonds is 5. The van der Waals surface area contributed by atoms with Crippen LogP contribution in [0.4, 0.5) is 0 Å². The fourth-order valence-corrected chi connectivity index (χ4v) is 2.31. The van der Waals surface area contributed by atoms with Crippen molar-refractivity contribution < 1.29 is 0 Å². The molecule has 1 aromatic rings. The van der Waals surface area contributed by atoms with E-state index in [2.05, 4.69) is 54.9 Å². The minimum absolute atomic E-state index is 0.531. The Morgan fingerprint density at radius 2 is 1.87 bits per heavy atom. The summed E-state index contributed by atoms with van der Waals surface area (Å²) in [5.41, 5.74) is 4.20. The molecule has 0 heterocycles. The van der Waals surface area contributed by atoms with Crippen molar-refractivity contribution in [2.75, 3.05) is 0 Å². The number of benzene rings is 1. The molecule has 0 fully saturated rings. The molecule has 0 bridgehead atoms. The van der Waals surface area contributed by atoms with Crippen LogP contribution < -0.4 is 0 Å². The van der Waals surface area contributed by atoms with Crippen LogP contribution >= 0.6 is 15.9 Å². The summed E-state index contributed by atoms with van der Waals surface area (Å²) in [5.74, 6) is 0. The molecule has 0 aliphatic heterocycles. The third-order valence-electron chi connectivity index (χ3n) is 2.95. The second-order valence-corrected chi connectivity index (χ2v) is 5.41. The second kappa shape index (κ2) is 6.32. The highest BCUT2D eigenvalue weighted by Crippen LogP contribution is 2.29. The average Bonchev–Trinajstić information content (AvgIpc) is 2.22. The molecule has 0 saturated heterocycles.